The van der Waals surface area contributed by atoms with Crippen molar-refractivity contribution >= 4 is 27.3 Å². The van der Waals surface area contributed by atoms with Crippen LogP contribution in [0.4, 0.5) is 4.39 Å². The average molecular weight is 468 g/mol. The minimum atomic E-state index is -3.29. The molecule has 1 saturated carbocycles. The number of ether oxygens (including phenoxy) is 1. The van der Waals surface area contributed by atoms with Gasteiger partial charge in [-0.3, -0.25) is 4.79 Å². The summed E-state index contributed by atoms with van der Waals surface area (Å²) in [4.78, 5) is 20.6. The van der Waals surface area contributed by atoms with E-state index in [1.165, 1.54) is 18.3 Å². The van der Waals surface area contributed by atoms with Crippen LogP contribution in [0.15, 0.2) is 35.9 Å². The van der Waals surface area contributed by atoms with E-state index in [1.54, 1.807) is 26.0 Å². The van der Waals surface area contributed by atoms with Crippen molar-refractivity contribution in [1.82, 2.24) is 15.3 Å². The van der Waals surface area contributed by atoms with Gasteiger partial charge in [0, 0.05) is 29.2 Å². The Morgan fingerprint density at radius 2 is 2.10 bits per heavy atom. The van der Waals surface area contributed by atoms with Gasteiger partial charge in [-0.15, -0.1) is 0 Å². The van der Waals surface area contributed by atoms with Crippen LogP contribution in [0, 0.1) is 18.7 Å². The number of halogens is 2. The quantitative estimate of drug-likeness (QED) is 0.634. The molecule has 0 aliphatic heterocycles. The average Bonchev–Trinajstić information content (AvgIpc) is 3.52. The summed E-state index contributed by atoms with van der Waals surface area (Å²) in [5.74, 6) is -0.543. The zero-order valence-corrected chi connectivity index (χ0v) is 18.9. The number of amides is 1. The molecule has 166 valence electrons. The van der Waals surface area contributed by atoms with Gasteiger partial charge in [0.1, 0.15) is 11.9 Å². The first-order chi connectivity index (χ1) is 14.5. The van der Waals surface area contributed by atoms with Crippen LogP contribution in [0.3, 0.4) is 0 Å². The van der Waals surface area contributed by atoms with E-state index in [9.17, 15) is 17.6 Å². The van der Waals surface area contributed by atoms with Gasteiger partial charge in [-0.05, 0) is 32.8 Å². The van der Waals surface area contributed by atoms with Gasteiger partial charge in [0.15, 0.2) is 15.6 Å². The molecule has 1 fully saturated rings. The molecule has 7 nitrogen and oxygen atoms in total. The Morgan fingerprint density at radius 3 is 2.71 bits per heavy atom. The number of hydrogen-bond acceptors (Lipinski definition) is 6. The normalized spacial score (nSPS) is 16.2. The maximum Gasteiger partial charge on any atom is 0.289 e. The molecule has 0 radical (unpaired) electrons. The van der Waals surface area contributed by atoms with Crippen LogP contribution < -0.4 is 10.1 Å². The highest BCUT2D eigenvalue weighted by Gasteiger charge is 2.36. The maximum absolute atomic E-state index is 13.9. The SMILES string of the molecule is Cc1nc(C(=O)N[C@H](C)/C=C/S(C)(=O)=O)ncc1O[C@H](c1cccc(F)c1Cl)C1CC1. The fraction of sp³-hybridized carbons (Fsp3) is 0.381. The lowest BCUT2D eigenvalue weighted by atomic mass is 10.0. The standard InChI is InChI=1S/C21H23ClFN3O4S/c1-12(9-10-31(3,28)29)25-21(27)20-24-11-17(13(2)26-20)30-19(14-7-8-14)15-5-4-6-16(23)18(15)22/h4-6,9-12,14,19H,7-8H2,1-3H3,(H,25,27)/b10-9+/t12-,19+/m1/s1. The van der Waals surface area contributed by atoms with Crippen molar-refractivity contribution in [1.29, 1.82) is 0 Å². The molecule has 1 aliphatic carbocycles. The number of benzene rings is 1. The first-order valence-corrected chi connectivity index (χ1v) is 12.0. The molecule has 1 heterocycles. The summed E-state index contributed by atoms with van der Waals surface area (Å²) in [6.07, 6.45) is 5.27. The van der Waals surface area contributed by atoms with Crippen LogP contribution in [-0.4, -0.2) is 36.6 Å². The van der Waals surface area contributed by atoms with Gasteiger partial charge in [0.05, 0.1) is 16.9 Å². The van der Waals surface area contributed by atoms with Gasteiger partial charge < -0.3 is 10.1 Å². The van der Waals surface area contributed by atoms with Crippen LogP contribution in [0.1, 0.15) is 47.7 Å². The van der Waals surface area contributed by atoms with Crippen LogP contribution in [0.25, 0.3) is 0 Å². The van der Waals surface area contributed by atoms with E-state index in [-0.39, 0.29) is 16.8 Å². The number of sulfone groups is 1. The van der Waals surface area contributed by atoms with E-state index < -0.39 is 33.7 Å². The third-order valence-corrected chi connectivity index (χ3v) is 5.75. The number of nitrogens with one attached hydrogen (secondary N) is 1. The molecule has 2 atom stereocenters. The lowest BCUT2D eigenvalue weighted by Gasteiger charge is -2.21. The van der Waals surface area contributed by atoms with Gasteiger partial charge in [-0.2, -0.15) is 0 Å². The highest BCUT2D eigenvalue weighted by molar-refractivity contribution is 7.93. The molecule has 0 bridgehead atoms. The minimum absolute atomic E-state index is 0.0325. The van der Waals surface area contributed by atoms with Crippen LogP contribution in [-0.2, 0) is 9.84 Å². The summed E-state index contributed by atoms with van der Waals surface area (Å²) in [7, 11) is -3.29. The fourth-order valence-corrected chi connectivity index (χ4v) is 3.71. The number of nitrogens with zero attached hydrogens (tertiary/aromatic N) is 2. The lowest BCUT2D eigenvalue weighted by molar-refractivity contribution is 0.0935. The zero-order chi connectivity index (χ0) is 22.8. The van der Waals surface area contributed by atoms with Gasteiger partial charge >= 0.3 is 0 Å². The summed E-state index contributed by atoms with van der Waals surface area (Å²) in [6, 6.07) is 4.09. The molecule has 2 aromatic rings. The third-order valence-electron chi connectivity index (χ3n) is 4.70. The number of carbonyl (C=O) groups excluding carboxylic acids is 1. The second kappa shape index (κ2) is 9.32. The number of carbonyl (C=O) groups is 1. The Kier molecular flexibility index (Phi) is 6.96. The molecule has 1 aromatic carbocycles. The summed E-state index contributed by atoms with van der Waals surface area (Å²) >= 11 is 6.15. The Morgan fingerprint density at radius 1 is 1.39 bits per heavy atom. The lowest BCUT2D eigenvalue weighted by Crippen LogP contribution is -2.32. The summed E-state index contributed by atoms with van der Waals surface area (Å²) < 4.78 is 42.4. The molecule has 31 heavy (non-hydrogen) atoms. The summed E-state index contributed by atoms with van der Waals surface area (Å²) in [5.41, 5.74) is 1.01. The van der Waals surface area contributed by atoms with Gasteiger partial charge in [-0.25, -0.2) is 22.8 Å². The molecule has 1 amide bonds. The smallest absolute Gasteiger partial charge is 0.289 e. The van der Waals surface area contributed by atoms with Crippen LogP contribution >= 0.6 is 11.6 Å². The molecule has 0 unspecified atom stereocenters. The zero-order valence-electron chi connectivity index (χ0n) is 17.3. The Hall–Kier alpha value is -2.52. The van der Waals surface area contributed by atoms with Crippen molar-refractivity contribution in [3.8, 4) is 5.75 Å². The molecule has 1 aliphatic rings. The molecule has 1 N–H and O–H groups in total. The van der Waals surface area contributed by atoms with Crippen molar-refractivity contribution in [2.75, 3.05) is 6.26 Å². The largest absolute Gasteiger partial charge is 0.482 e. The molecule has 1 aromatic heterocycles. The van der Waals surface area contributed by atoms with Crippen molar-refractivity contribution in [3.05, 3.63) is 63.8 Å². The van der Waals surface area contributed by atoms with E-state index in [1.807, 2.05) is 0 Å². The second-order valence-electron chi connectivity index (χ2n) is 7.58. The summed E-state index contributed by atoms with van der Waals surface area (Å²) in [5, 5.41) is 3.67. The first-order valence-electron chi connectivity index (χ1n) is 9.68. The van der Waals surface area contributed by atoms with Gasteiger partial charge in [0.2, 0.25) is 5.82 Å². The van der Waals surface area contributed by atoms with E-state index in [2.05, 4.69) is 15.3 Å². The topological polar surface area (TPSA) is 98.2 Å². The van der Waals surface area contributed by atoms with E-state index in [0.717, 1.165) is 24.5 Å². The third kappa shape index (κ3) is 6.24. The van der Waals surface area contributed by atoms with Crippen LogP contribution in [0.2, 0.25) is 5.02 Å². The predicted molar refractivity (Wildman–Crippen MR) is 115 cm³/mol. The number of hydrogen-bond donors (Lipinski definition) is 1. The van der Waals surface area contributed by atoms with Crippen molar-refractivity contribution < 1.29 is 22.3 Å². The second-order valence-corrected chi connectivity index (χ2v) is 9.89. The van der Waals surface area contributed by atoms with Crippen molar-refractivity contribution in [3.63, 3.8) is 0 Å². The van der Waals surface area contributed by atoms with Gasteiger partial charge in [-0.1, -0.05) is 29.8 Å². The number of aromatic nitrogens is 2. The van der Waals surface area contributed by atoms with E-state index >= 15 is 0 Å². The first kappa shape index (κ1) is 23.1. The van der Waals surface area contributed by atoms with Gasteiger partial charge in [0.25, 0.3) is 5.91 Å². The van der Waals surface area contributed by atoms with Crippen molar-refractivity contribution in [2.24, 2.45) is 5.92 Å². The summed E-state index contributed by atoms with van der Waals surface area (Å²) in [6.45, 7) is 3.31. The van der Waals surface area contributed by atoms with E-state index in [0.29, 0.717) is 17.0 Å². The monoisotopic (exact) mass is 467 g/mol. The maximum atomic E-state index is 13.9. The fourth-order valence-electron chi connectivity index (χ4n) is 2.95. The number of aryl methyl sites for hydroxylation is 1. The van der Waals surface area contributed by atoms with Crippen molar-refractivity contribution in [2.45, 2.75) is 38.8 Å². The predicted octanol–water partition coefficient (Wildman–Crippen LogP) is 3.78. The Labute approximate surface area is 185 Å². The Bertz CT molecular complexity index is 1120. The van der Waals surface area contributed by atoms with E-state index in [4.69, 9.17) is 16.3 Å². The molecular formula is C21H23ClFN3O4S. The molecule has 0 saturated heterocycles. The highest BCUT2D eigenvalue weighted by atomic mass is 35.5. The Balaban J connectivity index is 1.75. The number of rotatable bonds is 8. The minimum Gasteiger partial charge on any atom is -0.482 e. The molecular weight excluding hydrogens is 445 g/mol. The molecule has 10 heteroatoms. The molecule has 3 rings (SSSR count). The van der Waals surface area contributed by atoms with Crippen LogP contribution in [0.5, 0.6) is 5.75 Å². The molecule has 0 spiro atoms. The highest BCUT2D eigenvalue weighted by Crippen LogP contribution is 2.46.